The maximum absolute atomic E-state index is 13.0. The fourth-order valence-corrected chi connectivity index (χ4v) is 4.00. The molecule has 0 unspecified atom stereocenters. The van der Waals surface area contributed by atoms with E-state index < -0.39 is 32.9 Å². The number of aliphatic carboxylic acids is 1. The number of carboxylic acids is 2. The number of sulfonamides is 1. The fraction of sp³-hybridized carbons (Fsp3) is 0.176. The zero-order valence-corrected chi connectivity index (χ0v) is 15.4. The Morgan fingerprint density at radius 3 is 2.25 bits per heavy atom. The summed E-state index contributed by atoms with van der Waals surface area (Å²) in [5.74, 6) is -2.73. The van der Waals surface area contributed by atoms with Gasteiger partial charge in [0, 0.05) is 18.7 Å². The van der Waals surface area contributed by atoms with Crippen LogP contribution in [-0.4, -0.2) is 45.8 Å². The highest BCUT2D eigenvalue weighted by Gasteiger charge is 2.33. The Hall–Kier alpha value is -3.31. The predicted molar refractivity (Wildman–Crippen MR) is 96.3 cm³/mol. The van der Waals surface area contributed by atoms with Gasteiger partial charge in [0.2, 0.25) is 10.0 Å². The largest absolute Gasteiger partial charge is 0.480 e. The molecule has 0 aliphatic heterocycles. The van der Waals surface area contributed by atoms with E-state index in [0.29, 0.717) is 9.87 Å². The lowest BCUT2D eigenvalue weighted by Gasteiger charge is -2.26. The number of nitro benzene ring substituents is 1. The molecule has 0 saturated heterocycles. The Morgan fingerprint density at radius 2 is 1.75 bits per heavy atom. The van der Waals surface area contributed by atoms with Crippen molar-refractivity contribution in [2.45, 2.75) is 24.4 Å². The van der Waals surface area contributed by atoms with E-state index in [-0.39, 0.29) is 22.7 Å². The van der Waals surface area contributed by atoms with Gasteiger partial charge in [0.05, 0.1) is 15.4 Å². The second-order valence-corrected chi connectivity index (χ2v) is 7.71. The Labute approximate surface area is 159 Å². The topological polar surface area (TPSA) is 155 Å². The van der Waals surface area contributed by atoms with E-state index in [1.165, 1.54) is 49.4 Å². The highest BCUT2D eigenvalue weighted by Crippen LogP contribution is 2.23. The highest BCUT2D eigenvalue weighted by atomic mass is 32.2. The number of non-ortho nitro benzene ring substituents is 1. The van der Waals surface area contributed by atoms with Crippen LogP contribution < -0.4 is 0 Å². The summed E-state index contributed by atoms with van der Waals surface area (Å²) in [6.45, 7) is 0.803. The molecule has 0 saturated carbocycles. The summed E-state index contributed by atoms with van der Waals surface area (Å²) >= 11 is 0. The molecule has 11 heteroatoms. The average molecular weight is 408 g/mol. The van der Waals surface area contributed by atoms with E-state index in [0.717, 1.165) is 6.07 Å². The number of rotatable bonds is 8. The fourth-order valence-electron chi connectivity index (χ4n) is 2.38. The third-order valence-corrected chi connectivity index (χ3v) is 5.87. The number of carboxylic acid groups (broad SMARTS) is 2. The molecule has 0 aliphatic carbocycles. The molecule has 0 aliphatic rings. The van der Waals surface area contributed by atoms with Crippen LogP contribution in [0, 0.1) is 10.1 Å². The molecule has 148 valence electrons. The minimum atomic E-state index is -4.37. The summed E-state index contributed by atoms with van der Waals surface area (Å²) in [7, 11) is -4.37. The maximum Gasteiger partial charge on any atom is 0.335 e. The minimum absolute atomic E-state index is 0.196. The zero-order chi connectivity index (χ0) is 21.1. The Balaban J connectivity index is 2.47. The number of carbonyl (C=O) groups is 2. The Kier molecular flexibility index (Phi) is 6.11. The van der Waals surface area contributed by atoms with E-state index in [9.17, 15) is 33.2 Å². The van der Waals surface area contributed by atoms with Crippen LogP contribution in [0.25, 0.3) is 0 Å². The van der Waals surface area contributed by atoms with Crippen molar-refractivity contribution in [3.05, 3.63) is 69.8 Å². The summed E-state index contributed by atoms with van der Waals surface area (Å²) in [6.07, 6.45) is 0. The Bertz CT molecular complexity index is 1020. The summed E-state index contributed by atoms with van der Waals surface area (Å²) in [5, 5.41) is 29.1. The van der Waals surface area contributed by atoms with Crippen LogP contribution >= 0.6 is 0 Å². The zero-order valence-electron chi connectivity index (χ0n) is 14.5. The van der Waals surface area contributed by atoms with Crippen molar-refractivity contribution in [2.24, 2.45) is 0 Å². The first-order valence-electron chi connectivity index (χ1n) is 7.85. The lowest BCUT2D eigenvalue weighted by atomic mass is 10.2. The van der Waals surface area contributed by atoms with Gasteiger partial charge in [-0.25, -0.2) is 13.2 Å². The van der Waals surface area contributed by atoms with Crippen molar-refractivity contribution in [1.82, 2.24) is 4.31 Å². The van der Waals surface area contributed by atoms with Crippen molar-refractivity contribution in [1.29, 1.82) is 0 Å². The van der Waals surface area contributed by atoms with Gasteiger partial charge in [0.25, 0.3) is 5.69 Å². The average Bonchev–Trinajstić information content (AvgIpc) is 2.65. The molecule has 0 fully saturated rings. The number of nitrogens with zero attached hydrogens (tertiary/aromatic N) is 2. The van der Waals surface area contributed by atoms with Crippen molar-refractivity contribution >= 4 is 27.6 Å². The lowest BCUT2D eigenvalue weighted by Crippen LogP contribution is -2.42. The number of hydrogen-bond donors (Lipinski definition) is 2. The molecule has 2 aromatic rings. The monoisotopic (exact) mass is 408 g/mol. The molecule has 2 rings (SSSR count). The predicted octanol–water partition coefficient (Wildman–Crippen LogP) is 1.96. The molecular formula is C17H16N2O8S. The molecule has 28 heavy (non-hydrogen) atoms. The van der Waals surface area contributed by atoms with Gasteiger partial charge in [-0.3, -0.25) is 14.9 Å². The Morgan fingerprint density at radius 1 is 1.14 bits per heavy atom. The number of aromatic carboxylic acids is 1. The maximum atomic E-state index is 13.0. The van der Waals surface area contributed by atoms with Crippen molar-refractivity contribution < 1.29 is 33.1 Å². The van der Waals surface area contributed by atoms with Gasteiger partial charge in [0.1, 0.15) is 6.04 Å². The van der Waals surface area contributed by atoms with Crippen LogP contribution in [0.1, 0.15) is 22.8 Å². The molecule has 0 spiro atoms. The van der Waals surface area contributed by atoms with Gasteiger partial charge in [-0.2, -0.15) is 4.31 Å². The van der Waals surface area contributed by atoms with E-state index in [1.54, 1.807) is 0 Å². The van der Waals surface area contributed by atoms with Gasteiger partial charge in [-0.1, -0.05) is 18.2 Å². The molecule has 0 radical (unpaired) electrons. The number of benzene rings is 2. The van der Waals surface area contributed by atoms with E-state index in [2.05, 4.69) is 0 Å². The van der Waals surface area contributed by atoms with Crippen LogP contribution in [0.15, 0.2) is 53.4 Å². The molecule has 0 amide bonds. The summed E-state index contributed by atoms with van der Waals surface area (Å²) < 4.78 is 26.7. The lowest BCUT2D eigenvalue weighted by molar-refractivity contribution is -0.384. The third kappa shape index (κ3) is 4.50. The van der Waals surface area contributed by atoms with Crippen LogP contribution in [0.3, 0.4) is 0 Å². The standard InChI is InChI=1S/C17H16N2O8S/c1-11(16(20)21)18(10-12-5-7-14(8-6-12)19(24)25)28(26,27)15-4-2-3-13(9-15)17(22)23/h2-9,11H,10H2,1H3,(H,20,21)(H,22,23)/t11-/m0/s1. The van der Waals surface area contributed by atoms with Gasteiger partial charge in [0.15, 0.2) is 0 Å². The van der Waals surface area contributed by atoms with Gasteiger partial charge in [-0.15, -0.1) is 0 Å². The van der Waals surface area contributed by atoms with E-state index in [1.807, 2.05) is 0 Å². The summed E-state index contributed by atoms with van der Waals surface area (Å²) in [5.41, 5.74) is -0.130. The van der Waals surface area contributed by atoms with Gasteiger partial charge < -0.3 is 10.2 Å². The summed E-state index contributed by atoms with van der Waals surface area (Å²) in [6, 6.07) is 8.09. The quantitative estimate of drug-likeness (QED) is 0.496. The second kappa shape index (κ2) is 8.15. The molecule has 0 aromatic heterocycles. The summed E-state index contributed by atoms with van der Waals surface area (Å²) in [4.78, 5) is 32.3. The molecule has 2 N–H and O–H groups in total. The first kappa shape index (κ1) is 21.0. The van der Waals surface area contributed by atoms with Crippen LogP contribution in [-0.2, 0) is 21.4 Å². The van der Waals surface area contributed by atoms with Crippen molar-refractivity contribution in [3.63, 3.8) is 0 Å². The highest BCUT2D eigenvalue weighted by molar-refractivity contribution is 7.89. The number of nitro groups is 1. The first-order chi connectivity index (χ1) is 13.0. The van der Waals surface area contributed by atoms with Crippen LogP contribution in [0.5, 0.6) is 0 Å². The van der Waals surface area contributed by atoms with Gasteiger partial charge >= 0.3 is 11.9 Å². The van der Waals surface area contributed by atoms with Crippen LogP contribution in [0.4, 0.5) is 5.69 Å². The minimum Gasteiger partial charge on any atom is -0.480 e. The van der Waals surface area contributed by atoms with Crippen molar-refractivity contribution in [3.8, 4) is 0 Å². The smallest absolute Gasteiger partial charge is 0.335 e. The van der Waals surface area contributed by atoms with Gasteiger partial charge in [-0.05, 0) is 30.7 Å². The molecule has 0 heterocycles. The number of hydrogen-bond acceptors (Lipinski definition) is 6. The third-order valence-electron chi connectivity index (χ3n) is 3.96. The van der Waals surface area contributed by atoms with E-state index >= 15 is 0 Å². The van der Waals surface area contributed by atoms with Crippen LogP contribution in [0.2, 0.25) is 0 Å². The second-order valence-electron chi connectivity index (χ2n) is 5.82. The molecule has 0 bridgehead atoms. The van der Waals surface area contributed by atoms with E-state index in [4.69, 9.17) is 5.11 Å². The molecular weight excluding hydrogens is 392 g/mol. The first-order valence-corrected chi connectivity index (χ1v) is 9.29. The van der Waals surface area contributed by atoms with Crippen molar-refractivity contribution in [2.75, 3.05) is 0 Å². The molecule has 10 nitrogen and oxygen atoms in total. The molecule has 2 aromatic carbocycles. The normalized spacial score (nSPS) is 12.5. The SMILES string of the molecule is C[C@@H](C(=O)O)N(Cc1ccc([N+](=O)[O-])cc1)S(=O)(=O)c1cccc(C(=O)O)c1. The molecule has 1 atom stereocenters.